The topological polar surface area (TPSA) is 62.5 Å². The summed E-state index contributed by atoms with van der Waals surface area (Å²) in [5.41, 5.74) is 7.42. The summed E-state index contributed by atoms with van der Waals surface area (Å²) in [6, 6.07) is 14.0. The number of aromatic nitrogens is 1. The number of anilines is 1. The van der Waals surface area contributed by atoms with E-state index in [4.69, 9.17) is 5.73 Å². The van der Waals surface area contributed by atoms with Gasteiger partial charge in [0, 0.05) is 32.4 Å². The molecule has 0 aliphatic carbocycles. The molecule has 1 amide bonds. The van der Waals surface area contributed by atoms with Crippen molar-refractivity contribution >= 4 is 11.7 Å². The second kappa shape index (κ2) is 9.51. The second-order valence-electron chi connectivity index (χ2n) is 7.43. The third-order valence-corrected chi connectivity index (χ3v) is 5.24. The molecule has 144 valence electrons. The Hall–Kier alpha value is -2.40. The summed E-state index contributed by atoms with van der Waals surface area (Å²) in [4.78, 5) is 21.8. The third kappa shape index (κ3) is 5.30. The van der Waals surface area contributed by atoms with Crippen LogP contribution in [-0.2, 0) is 6.54 Å². The number of carbonyl (C=O) groups excluding carboxylic acids is 1. The van der Waals surface area contributed by atoms with E-state index in [0.717, 1.165) is 36.8 Å². The molecule has 1 aliphatic heterocycles. The summed E-state index contributed by atoms with van der Waals surface area (Å²) in [5.74, 6) is 1.77. The highest BCUT2D eigenvalue weighted by molar-refractivity contribution is 5.94. The zero-order valence-electron chi connectivity index (χ0n) is 16.2. The summed E-state index contributed by atoms with van der Waals surface area (Å²) in [6.07, 6.45) is 4.91. The first kappa shape index (κ1) is 19.4. The lowest BCUT2D eigenvalue weighted by Gasteiger charge is -2.31. The number of benzene rings is 1. The average molecular weight is 367 g/mol. The molecular formula is C22H30N4O. The molecule has 3 rings (SSSR count). The van der Waals surface area contributed by atoms with Gasteiger partial charge in [0.2, 0.25) is 0 Å². The highest BCUT2D eigenvalue weighted by atomic mass is 16.2. The quantitative estimate of drug-likeness (QED) is 0.817. The van der Waals surface area contributed by atoms with Gasteiger partial charge in [0.25, 0.3) is 5.91 Å². The van der Waals surface area contributed by atoms with Gasteiger partial charge in [-0.05, 0) is 49.4 Å². The summed E-state index contributed by atoms with van der Waals surface area (Å²) in [6.45, 7) is 6.19. The molecule has 2 aromatic rings. The molecule has 5 nitrogen and oxygen atoms in total. The molecule has 27 heavy (non-hydrogen) atoms. The van der Waals surface area contributed by atoms with Gasteiger partial charge in [-0.1, -0.05) is 37.3 Å². The van der Waals surface area contributed by atoms with Crippen LogP contribution in [0.15, 0.2) is 48.7 Å². The van der Waals surface area contributed by atoms with E-state index in [1.807, 2.05) is 47.4 Å². The van der Waals surface area contributed by atoms with Crippen molar-refractivity contribution in [2.45, 2.75) is 32.7 Å². The number of hydrogen-bond donors (Lipinski definition) is 1. The van der Waals surface area contributed by atoms with Gasteiger partial charge in [-0.15, -0.1) is 0 Å². The molecule has 5 heteroatoms. The van der Waals surface area contributed by atoms with E-state index >= 15 is 0 Å². The van der Waals surface area contributed by atoms with E-state index in [9.17, 15) is 4.79 Å². The van der Waals surface area contributed by atoms with E-state index in [0.29, 0.717) is 25.2 Å². The van der Waals surface area contributed by atoms with Gasteiger partial charge in [0.15, 0.2) is 0 Å². The van der Waals surface area contributed by atoms with E-state index in [-0.39, 0.29) is 5.91 Å². The maximum atomic E-state index is 13.0. The fraction of sp³-hybridized carbons (Fsp3) is 0.455. The maximum absolute atomic E-state index is 13.0. The van der Waals surface area contributed by atoms with Gasteiger partial charge in [-0.2, -0.15) is 0 Å². The van der Waals surface area contributed by atoms with Crippen molar-refractivity contribution < 1.29 is 4.79 Å². The van der Waals surface area contributed by atoms with Gasteiger partial charge in [-0.3, -0.25) is 4.79 Å². The normalized spacial score (nSPS) is 15.0. The Kier molecular flexibility index (Phi) is 6.82. The smallest absolute Gasteiger partial charge is 0.255 e. The minimum absolute atomic E-state index is 0.0126. The van der Waals surface area contributed by atoms with Crippen molar-refractivity contribution in [2.75, 3.05) is 31.1 Å². The lowest BCUT2D eigenvalue weighted by Crippen LogP contribution is -2.34. The molecule has 1 saturated heterocycles. The van der Waals surface area contributed by atoms with E-state index < -0.39 is 0 Å². The predicted octanol–water partition coefficient (Wildman–Crippen LogP) is 3.31. The van der Waals surface area contributed by atoms with Crippen LogP contribution in [-0.4, -0.2) is 42.0 Å². The first-order chi connectivity index (χ1) is 13.2. The van der Waals surface area contributed by atoms with Crippen LogP contribution in [0.2, 0.25) is 0 Å². The number of amides is 1. The first-order valence-electron chi connectivity index (χ1n) is 9.91. The molecule has 0 spiro atoms. The molecule has 0 atom stereocenters. The lowest BCUT2D eigenvalue weighted by molar-refractivity contribution is 0.0742. The standard InChI is InChI=1S/C22H30N4O/c1-18-10-14-25(15-11-18)21-9-8-20(16-24-21)22(27)26(13-5-12-23)17-19-6-3-2-4-7-19/h2-4,6-9,16,18H,5,10-15,17,23H2,1H3. The van der Waals surface area contributed by atoms with Crippen LogP contribution < -0.4 is 10.6 Å². The average Bonchev–Trinajstić information content (AvgIpc) is 2.72. The van der Waals surface area contributed by atoms with Crippen LogP contribution >= 0.6 is 0 Å². The minimum atomic E-state index is 0.0126. The molecule has 0 saturated carbocycles. The predicted molar refractivity (Wildman–Crippen MR) is 110 cm³/mol. The number of rotatable bonds is 7. The van der Waals surface area contributed by atoms with Crippen molar-refractivity contribution in [3.8, 4) is 0 Å². The Balaban J connectivity index is 1.69. The van der Waals surface area contributed by atoms with Gasteiger partial charge >= 0.3 is 0 Å². The van der Waals surface area contributed by atoms with Gasteiger partial charge in [-0.25, -0.2) is 4.98 Å². The number of carbonyl (C=O) groups is 1. The second-order valence-corrected chi connectivity index (χ2v) is 7.43. The number of piperidine rings is 1. The van der Waals surface area contributed by atoms with Crippen molar-refractivity contribution in [3.63, 3.8) is 0 Å². The summed E-state index contributed by atoms with van der Waals surface area (Å²) < 4.78 is 0. The highest BCUT2D eigenvalue weighted by Crippen LogP contribution is 2.21. The zero-order chi connectivity index (χ0) is 19.1. The van der Waals surface area contributed by atoms with E-state index in [1.54, 1.807) is 6.20 Å². The van der Waals surface area contributed by atoms with Crippen LogP contribution in [0.4, 0.5) is 5.82 Å². The van der Waals surface area contributed by atoms with Crippen LogP contribution in [0.5, 0.6) is 0 Å². The molecular weight excluding hydrogens is 336 g/mol. The molecule has 2 N–H and O–H groups in total. The van der Waals surface area contributed by atoms with E-state index in [1.165, 1.54) is 12.8 Å². The van der Waals surface area contributed by atoms with Crippen LogP contribution in [0.1, 0.15) is 42.1 Å². The molecule has 1 aromatic carbocycles. The monoisotopic (exact) mass is 366 g/mol. The van der Waals surface area contributed by atoms with Crippen LogP contribution in [0.25, 0.3) is 0 Å². The molecule has 1 fully saturated rings. The number of pyridine rings is 1. The molecule has 1 aromatic heterocycles. The Morgan fingerprint density at radius 1 is 1.19 bits per heavy atom. The molecule has 0 bridgehead atoms. The third-order valence-electron chi connectivity index (χ3n) is 5.24. The molecule has 0 unspecified atom stereocenters. The Bertz CT molecular complexity index is 709. The number of hydrogen-bond acceptors (Lipinski definition) is 4. The SMILES string of the molecule is CC1CCN(c2ccc(C(=O)N(CCCN)Cc3ccccc3)cn2)CC1. The number of nitrogens with zero attached hydrogens (tertiary/aromatic N) is 3. The summed E-state index contributed by atoms with van der Waals surface area (Å²) in [5, 5.41) is 0. The lowest BCUT2D eigenvalue weighted by atomic mass is 9.99. The van der Waals surface area contributed by atoms with Crippen LogP contribution in [0.3, 0.4) is 0 Å². The van der Waals surface area contributed by atoms with Gasteiger partial charge < -0.3 is 15.5 Å². The first-order valence-corrected chi connectivity index (χ1v) is 9.91. The molecule has 0 radical (unpaired) electrons. The summed E-state index contributed by atoms with van der Waals surface area (Å²) >= 11 is 0. The van der Waals surface area contributed by atoms with Crippen molar-refractivity contribution in [3.05, 3.63) is 59.8 Å². The van der Waals surface area contributed by atoms with Gasteiger partial charge in [0.05, 0.1) is 5.56 Å². The Labute approximate surface area is 162 Å². The van der Waals surface area contributed by atoms with Crippen molar-refractivity contribution in [2.24, 2.45) is 11.7 Å². The fourth-order valence-corrected chi connectivity index (χ4v) is 3.46. The molecule has 1 aliphatic rings. The Morgan fingerprint density at radius 3 is 2.56 bits per heavy atom. The Morgan fingerprint density at radius 2 is 1.93 bits per heavy atom. The summed E-state index contributed by atoms with van der Waals surface area (Å²) in [7, 11) is 0. The minimum Gasteiger partial charge on any atom is -0.357 e. The fourth-order valence-electron chi connectivity index (χ4n) is 3.46. The van der Waals surface area contributed by atoms with E-state index in [2.05, 4.69) is 16.8 Å². The largest absolute Gasteiger partial charge is 0.357 e. The maximum Gasteiger partial charge on any atom is 0.255 e. The zero-order valence-corrected chi connectivity index (χ0v) is 16.2. The van der Waals surface area contributed by atoms with Crippen molar-refractivity contribution in [1.82, 2.24) is 9.88 Å². The molecule has 2 heterocycles. The number of nitrogens with two attached hydrogens (primary N) is 1. The van der Waals surface area contributed by atoms with Crippen LogP contribution in [0, 0.1) is 5.92 Å². The van der Waals surface area contributed by atoms with Crippen molar-refractivity contribution in [1.29, 1.82) is 0 Å². The highest BCUT2D eigenvalue weighted by Gasteiger charge is 2.19. The van der Waals surface area contributed by atoms with Gasteiger partial charge in [0.1, 0.15) is 5.82 Å².